The molecule has 0 aromatic heterocycles. The Kier molecular flexibility index (Phi) is 1.47. The second kappa shape index (κ2) is 2.12. The molecule has 1 heteroatoms. The summed E-state index contributed by atoms with van der Waals surface area (Å²) in [7, 11) is 0. The van der Waals surface area contributed by atoms with Crippen LogP contribution in [0.4, 0.5) is 0 Å². The summed E-state index contributed by atoms with van der Waals surface area (Å²) >= 11 is 0. The zero-order valence-corrected chi connectivity index (χ0v) is 8.31. The Morgan fingerprint density at radius 2 is 2.00 bits per heavy atom. The molecule has 0 bridgehead atoms. The predicted molar refractivity (Wildman–Crippen MR) is 48.9 cm³/mol. The van der Waals surface area contributed by atoms with Crippen molar-refractivity contribution in [2.45, 2.75) is 46.5 Å². The summed E-state index contributed by atoms with van der Waals surface area (Å²) in [5, 5.41) is 0. The smallest absolute Gasteiger partial charge is 0.139 e. The molecule has 0 amide bonds. The molecule has 2 fully saturated rings. The summed E-state index contributed by atoms with van der Waals surface area (Å²) in [6, 6.07) is 0. The molecule has 0 N–H and O–H groups in total. The second-order valence-corrected chi connectivity index (χ2v) is 5.62. The van der Waals surface area contributed by atoms with Crippen LogP contribution in [0.15, 0.2) is 0 Å². The summed E-state index contributed by atoms with van der Waals surface area (Å²) in [5.74, 6) is 1.23. The lowest BCUT2D eigenvalue weighted by atomic mass is 9.49. The molecule has 0 radical (unpaired) electrons. The van der Waals surface area contributed by atoms with Gasteiger partial charge in [0.2, 0.25) is 0 Å². The normalized spacial score (nSPS) is 44.9. The average molecular weight is 166 g/mol. The van der Waals surface area contributed by atoms with E-state index in [-0.39, 0.29) is 5.41 Å². The number of hydrogen-bond acceptors (Lipinski definition) is 1. The van der Waals surface area contributed by atoms with E-state index in [1.165, 1.54) is 12.8 Å². The molecule has 0 heterocycles. The van der Waals surface area contributed by atoms with Crippen LogP contribution in [-0.2, 0) is 4.79 Å². The molecule has 12 heavy (non-hydrogen) atoms. The molecule has 1 nitrogen and oxygen atoms in total. The highest BCUT2D eigenvalue weighted by atomic mass is 16.1. The van der Waals surface area contributed by atoms with Gasteiger partial charge in [0.05, 0.1) is 0 Å². The quantitative estimate of drug-likeness (QED) is 0.541. The van der Waals surface area contributed by atoms with Gasteiger partial charge in [-0.3, -0.25) is 4.79 Å². The standard InChI is InChI=1S/C11H18O/c1-10(2)5-4-8-6-9(12)11(8,3)7-10/h8H,4-7H2,1-3H3/t8-,11-/m1/s1. The molecule has 2 aliphatic carbocycles. The summed E-state index contributed by atoms with van der Waals surface area (Å²) in [4.78, 5) is 11.5. The van der Waals surface area contributed by atoms with Crippen molar-refractivity contribution in [3.8, 4) is 0 Å². The Morgan fingerprint density at radius 3 is 2.50 bits per heavy atom. The number of rotatable bonds is 0. The molecule has 2 saturated carbocycles. The van der Waals surface area contributed by atoms with Crippen LogP contribution in [0.5, 0.6) is 0 Å². The maximum atomic E-state index is 11.5. The molecule has 0 aromatic rings. The van der Waals surface area contributed by atoms with Crippen molar-refractivity contribution in [3.63, 3.8) is 0 Å². The largest absolute Gasteiger partial charge is 0.299 e. The third-order valence-electron chi connectivity index (χ3n) is 3.99. The van der Waals surface area contributed by atoms with E-state index in [0.717, 1.165) is 18.8 Å². The van der Waals surface area contributed by atoms with Crippen LogP contribution >= 0.6 is 0 Å². The minimum absolute atomic E-state index is 0.0712. The van der Waals surface area contributed by atoms with Crippen molar-refractivity contribution in [1.29, 1.82) is 0 Å². The molecule has 0 aliphatic heterocycles. The Balaban J connectivity index is 2.19. The molecular formula is C11H18O. The number of ketones is 1. The molecule has 68 valence electrons. The van der Waals surface area contributed by atoms with Crippen LogP contribution in [0.1, 0.15) is 46.5 Å². The topological polar surface area (TPSA) is 17.1 Å². The maximum Gasteiger partial charge on any atom is 0.139 e. The van der Waals surface area contributed by atoms with Gasteiger partial charge in [-0.25, -0.2) is 0 Å². The first-order valence-electron chi connectivity index (χ1n) is 4.97. The highest BCUT2D eigenvalue weighted by molar-refractivity contribution is 5.91. The van der Waals surface area contributed by atoms with Crippen molar-refractivity contribution in [2.75, 3.05) is 0 Å². The zero-order chi connectivity index (χ0) is 8.98. The third-order valence-corrected chi connectivity index (χ3v) is 3.99. The molecular weight excluding hydrogens is 148 g/mol. The molecule has 2 rings (SSSR count). The highest BCUT2D eigenvalue weighted by Crippen LogP contribution is 2.57. The van der Waals surface area contributed by atoms with Gasteiger partial charge in [0.25, 0.3) is 0 Å². The fourth-order valence-electron chi connectivity index (χ4n) is 3.09. The predicted octanol–water partition coefficient (Wildman–Crippen LogP) is 2.79. The highest BCUT2D eigenvalue weighted by Gasteiger charge is 2.55. The van der Waals surface area contributed by atoms with Gasteiger partial charge in [-0.15, -0.1) is 0 Å². The molecule has 0 unspecified atom stereocenters. The first kappa shape index (κ1) is 8.28. The number of carbonyl (C=O) groups is 1. The minimum Gasteiger partial charge on any atom is -0.299 e. The van der Waals surface area contributed by atoms with E-state index >= 15 is 0 Å². The second-order valence-electron chi connectivity index (χ2n) is 5.62. The summed E-state index contributed by atoms with van der Waals surface area (Å²) in [6.45, 7) is 6.75. The van der Waals surface area contributed by atoms with Crippen LogP contribution in [0.25, 0.3) is 0 Å². The van der Waals surface area contributed by atoms with Gasteiger partial charge in [0, 0.05) is 11.8 Å². The first-order valence-corrected chi connectivity index (χ1v) is 4.97. The minimum atomic E-state index is 0.0712. The Bertz CT molecular complexity index is 229. The summed E-state index contributed by atoms with van der Waals surface area (Å²) < 4.78 is 0. The number of fused-ring (bicyclic) bond motifs is 1. The number of Topliss-reactive ketones (excluding diaryl/α,β-unsaturated/α-hetero) is 1. The Hall–Kier alpha value is -0.330. The van der Waals surface area contributed by atoms with Gasteiger partial charge in [0.1, 0.15) is 5.78 Å². The van der Waals surface area contributed by atoms with Crippen LogP contribution < -0.4 is 0 Å². The fraction of sp³-hybridized carbons (Fsp3) is 0.909. The summed E-state index contributed by atoms with van der Waals surface area (Å²) in [6.07, 6.45) is 4.56. The van der Waals surface area contributed by atoms with E-state index in [1.54, 1.807) is 0 Å². The third kappa shape index (κ3) is 0.949. The molecule has 2 atom stereocenters. The van der Waals surface area contributed by atoms with Gasteiger partial charge in [-0.05, 0) is 30.6 Å². The zero-order valence-electron chi connectivity index (χ0n) is 8.31. The van der Waals surface area contributed by atoms with Gasteiger partial charge in [0.15, 0.2) is 0 Å². The Morgan fingerprint density at radius 1 is 1.33 bits per heavy atom. The molecule has 0 spiro atoms. The maximum absolute atomic E-state index is 11.5. The van der Waals surface area contributed by atoms with Crippen molar-refractivity contribution >= 4 is 5.78 Å². The SMILES string of the molecule is CC1(C)CC[C@@H]2CC(=O)[C@]2(C)C1. The first-order chi connectivity index (χ1) is 5.44. The lowest BCUT2D eigenvalue weighted by Gasteiger charge is -2.54. The lowest BCUT2D eigenvalue weighted by Crippen LogP contribution is -2.53. The van der Waals surface area contributed by atoms with E-state index in [4.69, 9.17) is 0 Å². The average Bonchev–Trinajstić information content (AvgIpc) is 1.94. The van der Waals surface area contributed by atoms with E-state index in [9.17, 15) is 4.79 Å². The molecule has 0 aromatic carbocycles. The monoisotopic (exact) mass is 166 g/mol. The van der Waals surface area contributed by atoms with Crippen LogP contribution in [0, 0.1) is 16.7 Å². The molecule has 0 saturated heterocycles. The van der Waals surface area contributed by atoms with E-state index in [1.807, 2.05) is 0 Å². The number of carbonyl (C=O) groups excluding carboxylic acids is 1. The fourth-order valence-corrected chi connectivity index (χ4v) is 3.09. The van der Waals surface area contributed by atoms with Gasteiger partial charge >= 0.3 is 0 Å². The number of hydrogen-bond donors (Lipinski definition) is 0. The van der Waals surface area contributed by atoms with Gasteiger partial charge < -0.3 is 0 Å². The van der Waals surface area contributed by atoms with Crippen molar-refractivity contribution in [3.05, 3.63) is 0 Å². The lowest BCUT2D eigenvalue weighted by molar-refractivity contribution is -0.153. The van der Waals surface area contributed by atoms with Crippen molar-refractivity contribution in [2.24, 2.45) is 16.7 Å². The van der Waals surface area contributed by atoms with Crippen molar-refractivity contribution in [1.82, 2.24) is 0 Å². The summed E-state index contributed by atoms with van der Waals surface area (Å²) in [5.41, 5.74) is 0.475. The van der Waals surface area contributed by atoms with E-state index in [2.05, 4.69) is 20.8 Å². The van der Waals surface area contributed by atoms with Gasteiger partial charge in [-0.1, -0.05) is 20.8 Å². The van der Waals surface area contributed by atoms with Crippen LogP contribution in [0.3, 0.4) is 0 Å². The Labute approximate surface area is 74.5 Å². The van der Waals surface area contributed by atoms with Crippen LogP contribution in [-0.4, -0.2) is 5.78 Å². The van der Waals surface area contributed by atoms with Crippen molar-refractivity contribution < 1.29 is 4.79 Å². The molecule has 2 aliphatic rings. The van der Waals surface area contributed by atoms with Crippen LogP contribution in [0.2, 0.25) is 0 Å². The van der Waals surface area contributed by atoms with E-state index < -0.39 is 0 Å². The van der Waals surface area contributed by atoms with Gasteiger partial charge in [-0.2, -0.15) is 0 Å². The van der Waals surface area contributed by atoms with E-state index in [0.29, 0.717) is 11.2 Å².